The summed E-state index contributed by atoms with van der Waals surface area (Å²) in [6.07, 6.45) is 0. The highest BCUT2D eigenvalue weighted by molar-refractivity contribution is 7.90. The molecule has 0 aliphatic heterocycles. The van der Waals surface area contributed by atoms with Crippen molar-refractivity contribution in [2.45, 2.75) is 10.6 Å². The van der Waals surface area contributed by atoms with Gasteiger partial charge in [-0.15, -0.1) is 10.2 Å². The van der Waals surface area contributed by atoms with E-state index in [0.29, 0.717) is 15.9 Å². The second-order valence-electron chi connectivity index (χ2n) is 3.49. The normalized spacial score (nSPS) is 11.4. The summed E-state index contributed by atoms with van der Waals surface area (Å²) < 4.78 is 29.0. The molecule has 8 heteroatoms. The molecule has 0 atom stereocenters. The van der Waals surface area contributed by atoms with Crippen LogP contribution in [0.4, 0.5) is 5.69 Å². The summed E-state index contributed by atoms with van der Waals surface area (Å²) in [4.78, 5) is 0.214. The lowest BCUT2D eigenvalue weighted by atomic mass is 10.3. The number of rotatable bonds is 4. The molecule has 1 heterocycles. The number of nitrogens with two attached hydrogens (primary N) is 1. The third-order valence-corrected chi connectivity index (χ3v) is 4.89. The highest BCUT2D eigenvalue weighted by atomic mass is 32.2. The van der Waals surface area contributed by atoms with Crippen LogP contribution in [0.2, 0.25) is 0 Å². The Morgan fingerprint density at radius 1 is 1.28 bits per heavy atom. The molecule has 0 saturated heterocycles. The Kier molecular flexibility index (Phi) is 3.48. The summed E-state index contributed by atoms with van der Waals surface area (Å²) in [6, 6.07) is 6.05. The van der Waals surface area contributed by atoms with Gasteiger partial charge in [-0.25, -0.2) is 8.42 Å². The number of ether oxygens (including phenoxy) is 1. The van der Waals surface area contributed by atoms with E-state index in [0.717, 1.165) is 11.3 Å². The Hall–Kier alpha value is -1.67. The van der Waals surface area contributed by atoms with E-state index >= 15 is 0 Å². The number of aromatic nitrogens is 2. The Morgan fingerprint density at radius 3 is 2.50 bits per heavy atom. The molecule has 6 nitrogen and oxygen atoms in total. The van der Waals surface area contributed by atoms with E-state index in [2.05, 4.69) is 10.2 Å². The molecule has 2 N–H and O–H groups in total. The number of benzene rings is 1. The van der Waals surface area contributed by atoms with E-state index in [-0.39, 0.29) is 10.6 Å². The van der Waals surface area contributed by atoms with Gasteiger partial charge in [-0.3, -0.25) is 0 Å². The van der Waals surface area contributed by atoms with Crippen LogP contribution >= 0.6 is 11.3 Å². The third kappa shape index (κ3) is 2.77. The summed E-state index contributed by atoms with van der Waals surface area (Å²) in [7, 11) is -1.97. The van der Waals surface area contributed by atoms with E-state index in [1.54, 1.807) is 12.1 Å². The van der Waals surface area contributed by atoms with Gasteiger partial charge in [0.25, 0.3) is 5.19 Å². The van der Waals surface area contributed by atoms with Crippen LogP contribution in [0.5, 0.6) is 5.19 Å². The lowest BCUT2D eigenvalue weighted by molar-refractivity contribution is 0.407. The Morgan fingerprint density at radius 2 is 1.94 bits per heavy atom. The van der Waals surface area contributed by atoms with Gasteiger partial charge < -0.3 is 10.5 Å². The van der Waals surface area contributed by atoms with Gasteiger partial charge in [0.15, 0.2) is 9.84 Å². The minimum Gasteiger partial charge on any atom is -0.472 e. The van der Waals surface area contributed by atoms with Crippen LogP contribution in [0, 0.1) is 0 Å². The highest BCUT2D eigenvalue weighted by Crippen LogP contribution is 2.22. The number of nitrogen functional groups attached to an aromatic ring is 1. The summed E-state index contributed by atoms with van der Waals surface area (Å²) in [5, 5.41) is 8.18. The largest absolute Gasteiger partial charge is 0.472 e. The van der Waals surface area contributed by atoms with Crippen LogP contribution in [0.25, 0.3) is 0 Å². The van der Waals surface area contributed by atoms with Gasteiger partial charge in [0.2, 0.25) is 0 Å². The van der Waals surface area contributed by atoms with Crippen LogP contribution in [-0.4, -0.2) is 25.7 Å². The van der Waals surface area contributed by atoms with Crippen molar-refractivity contribution in [3.8, 4) is 5.19 Å². The van der Waals surface area contributed by atoms with E-state index in [9.17, 15) is 8.42 Å². The Balaban J connectivity index is 2.24. The molecule has 2 rings (SSSR count). The number of hydrogen-bond acceptors (Lipinski definition) is 7. The quantitative estimate of drug-likeness (QED) is 0.845. The fourth-order valence-electron chi connectivity index (χ4n) is 1.30. The summed E-state index contributed by atoms with van der Waals surface area (Å²) in [5.41, 5.74) is 6.03. The SMILES string of the molecule is COc1nnc(CS(=O)(=O)c2ccc(N)cc2)s1. The van der Waals surface area contributed by atoms with E-state index in [4.69, 9.17) is 10.5 Å². The van der Waals surface area contributed by atoms with Crippen molar-refractivity contribution in [1.82, 2.24) is 10.2 Å². The molecular formula is C10H11N3O3S2. The van der Waals surface area contributed by atoms with Gasteiger partial charge in [-0.05, 0) is 24.3 Å². The van der Waals surface area contributed by atoms with Crippen molar-refractivity contribution >= 4 is 26.9 Å². The van der Waals surface area contributed by atoms with Gasteiger partial charge in [0.05, 0.1) is 12.0 Å². The maximum atomic E-state index is 12.1. The standard InChI is InChI=1S/C10H11N3O3S2/c1-16-10-13-12-9(17-10)6-18(14,15)8-4-2-7(11)3-5-8/h2-5H,6,11H2,1H3. The number of hydrogen-bond donors (Lipinski definition) is 1. The molecule has 18 heavy (non-hydrogen) atoms. The van der Waals surface area contributed by atoms with Crippen molar-refractivity contribution in [3.05, 3.63) is 29.3 Å². The average Bonchev–Trinajstić information content (AvgIpc) is 2.76. The van der Waals surface area contributed by atoms with Gasteiger partial charge in [-0.1, -0.05) is 11.3 Å². The molecule has 0 unspecified atom stereocenters. The van der Waals surface area contributed by atoms with E-state index < -0.39 is 9.84 Å². The molecule has 0 aliphatic rings. The lowest BCUT2D eigenvalue weighted by Gasteiger charge is -2.02. The molecule has 0 fully saturated rings. The van der Waals surface area contributed by atoms with Crippen molar-refractivity contribution in [3.63, 3.8) is 0 Å². The molecule has 0 aliphatic carbocycles. The number of anilines is 1. The maximum Gasteiger partial charge on any atom is 0.293 e. The topological polar surface area (TPSA) is 95.2 Å². The fraction of sp³-hybridized carbons (Fsp3) is 0.200. The first-order chi connectivity index (χ1) is 8.51. The van der Waals surface area contributed by atoms with Crippen LogP contribution in [-0.2, 0) is 15.6 Å². The minimum atomic E-state index is -3.43. The van der Waals surface area contributed by atoms with Crippen LogP contribution in [0.1, 0.15) is 5.01 Å². The first kappa shape index (κ1) is 12.8. The second-order valence-corrected chi connectivity index (χ2v) is 6.51. The number of sulfone groups is 1. The molecule has 1 aromatic carbocycles. The molecule has 1 aromatic heterocycles. The molecule has 0 radical (unpaired) electrons. The van der Waals surface area contributed by atoms with E-state index in [1.807, 2.05) is 0 Å². The van der Waals surface area contributed by atoms with Gasteiger partial charge in [0.1, 0.15) is 10.8 Å². The molecule has 96 valence electrons. The predicted octanol–water partition coefficient (Wildman–Crippen LogP) is 1.10. The predicted molar refractivity (Wildman–Crippen MR) is 68.2 cm³/mol. The summed E-state index contributed by atoms with van der Waals surface area (Å²) in [6.45, 7) is 0. The first-order valence-corrected chi connectivity index (χ1v) is 7.43. The third-order valence-electron chi connectivity index (χ3n) is 2.18. The Labute approximate surface area is 108 Å². The smallest absolute Gasteiger partial charge is 0.293 e. The summed E-state index contributed by atoms with van der Waals surface area (Å²) in [5.74, 6) is -0.196. The highest BCUT2D eigenvalue weighted by Gasteiger charge is 2.18. The summed E-state index contributed by atoms with van der Waals surface area (Å²) >= 11 is 1.11. The molecule has 2 aromatic rings. The van der Waals surface area contributed by atoms with Gasteiger partial charge in [-0.2, -0.15) is 0 Å². The van der Waals surface area contributed by atoms with Crippen molar-refractivity contribution in [2.75, 3.05) is 12.8 Å². The number of nitrogens with zero attached hydrogens (tertiary/aromatic N) is 2. The minimum absolute atomic E-state index is 0.196. The van der Waals surface area contributed by atoms with Crippen molar-refractivity contribution in [2.24, 2.45) is 0 Å². The molecule has 0 amide bonds. The zero-order valence-electron chi connectivity index (χ0n) is 9.53. The molecule has 0 bridgehead atoms. The van der Waals surface area contributed by atoms with Crippen LogP contribution < -0.4 is 10.5 Å². The van der Waals surface area contributed by atoms with Crippen LogP contribution in [0.3, 0.4) is 0 Å². The van der Waals surface area contributed by atoms with Gasteiger partial charge >= 0.3 is 0 Å². The lowest BCUT2D eigenvalue weighted by Crippen LogP contribution is -2.04. The zero-order chi connectivity index (χ0) is 13.2. The zero-order valence-corrected chi connectivity index (χ0v) is 11.2. The monoisotopic (exact) mass is 285 g/mol. The number of methoxy groups -OCH3 is 1. The second kappa shape index (κ2) is 4.91. The maximum absolute atomic E-state index is 12.1. The van der Waals surface area contributed by atoms with E-state index in [1.165, 1.54) is 19.2 Å². The average molecular weight is 285 g/mol. The molecular weight excluding hydrogens is 274 g/mol. The van der Waals surface area contributed by atoms with Gasteiger partial charge in [0, 0.05) is 5.69 Å². The van der Waals surface area contributed by atoms with Crippen LogP contribution in [0.15, 0.2) is 29.2 Å². The first-order valence-electron chi connectivity index (χ1n) is 4.96. The van der Waals surface area contributed by atoms with Crippen molar-refractivity contribution < 1.29 is 13.2 Å². The fourth-order valence-corrected chi connectivity index (χ4v) is 3.55. The molecule has 0 saturated carbocycles. The molecule has 0 spiro atoms. The van der Waals surface area contributed by atoms with Crippen molar-refractivity contribution in [1.29, 1.82) is 0 Å². The Bertz CT molecular complexity index is 635.